The van der Waals surface area contributed by atoms with E-state index in [0.29, 0.717) is 16.9 Å². The van der Waals surface area contributed by atoms with E-state index in [4.69, 9.17) is 0 Å². The predicted octanol–water partition coefficient (Wildman–Crippen LogP) is 1.53. The van der Waals surface area contributed by atoms with Crippen LogP contribution in [-0.2, 0) is 0 Å². The molecule has 0 aliphatic rings. The van der Waals surface area contributed by atoms with Gasteiger partial charge in [0.05, 0.1) is 9.80 Å². The Hall–Kier alpha value is -1.43. The van der Waals surface area contributed by atoms with E-state index in [1.807, 2.05) is 0 Å². The summed E-state index contributed by atoms with van der Waals surface area (Å²) in [6, 6.07) is 1.51. The minimum atomic E-state index is -0.479. The van der Waals surface area contributed by atoms with E-state index in [1.54, 1.807) is 19.0 Å². The minimum absolute atomic E-state index is 0.00657. The molecule has 0 amide bonds. The molecular weight excluding hydrogens is 192 g/mol. The van der Waals surface area contributed by atoms with Crippen LogP contribution in [0.5, 0.6) is 0 Å². The van der Waals surface area contributed by atoms with Gasteiger partial charge in [-0.2, -0.15) is 0 Å². The highest BCUT2D eigenvalue weighted by atomic mass is 32.1. The number of carbonyl (C=O) groups is 1. The molecule has 13 heavy (non-hydrogen) atoms. The van der Waals surface area contributed by atoms with Crippen LogP contribution < -0.4 is 4.90 Å². The molecule has 0 aliphatic heterocycles. The van der Waals surface area contributed by atoms with Gasteiger partial charge in [-0.1, -0.05) is 11.3 Å². The van der Waals surface area contributed by atoms with E-state index < -0.39 is 4.92 Å². The zero-order valence-electron chi connectivity index (χ0n) is 7.18. The zero-order valence-corrected chi connectivity index (χ0v) is 8.00. The lowest BCUT2D eigenvalue weighted by Gasteiger charge is -2.07. The summed E-state index contributed by atoms with van der Waals surface area (Å²) in [7, 11) is 3.40. The summed E-state index contributed by atoms with van der Waals surface area (Å²) >= 11 is 0.887. The minimum Gasteiger partial charge on any atom is -0.371 e. The number of aldehydes is 1. The molecule has 0 atom stereocenters. The fourth-order valence-electron chi connectivity index (χ4n) is 0.899. The van der Waals surface area contributed by atoms with Gasteiger partial charge < -0.3 is 4.90 Å². The Labute approximate surface area is 78.7 Å². The summed E-state index contributed by atoms with van der Waals surface area (Å²) in [4.78, 5) is 22.4. The summed E-state index contributed by atoms with van der Waals surface area (Å²) in [5, 5.41) is 10.5. The van der Waals surface area contributed by atoms with Crippen LogP contribution in [0.15, 0.2) is 6.07 Å². The molecule has 6 heteroatoms. The summed E-state index contributed by atoms with van der Waals surface area (Å²) in [5.74, 6) is 0. The van der Waals surface area contributed by atoms with Crippen LogP contribution in [0.2, 0.25) is 0 Å². The molecule has 0 saturated heterocycles. The zero-order chi connectivity index (χ0) is 10.0. The third kappa shape index (κ3) is 1.83. The average molecular weight is 200 g/mol. The molecule has 1 aromatic rings. The fourth-order valence-corrected chi connectivity index (χ4v) is 1.76. The molecule has 0 saturated carbocycles. The van der Waals surface area contributed by atoms with Gasteiger partial charge in [-0.15, -0.1) is 0 Å². The summed E-state index contributed by atoms with van der Waals surface area (Å²) in [6.07, 6.45) is 0.616. The molecule has 5 nitrogen and oxygen atoms in total. The van der Waals surface area contributed by atoms with Crippen molar-refractivity contribution >= 4 is 28.3 Å². The summed E-state index contributed by atoms with van der Waals surface area (Å²) in [5.41, 5.74) is 0.470. The molecule has 0 fully saturated rings. The molecule has 0 N–H and O–H groups in total. The van der Waals surface area contributed by atoms with Crippen LogP contribution >= 0.6 is 11.3 Å². The quantitative estimate of drug-likeness (QED) is 0.421. The van der Waals surface area contributed by atoms with Crippen LogP contribution in [0.3, 0.4) is 0 Å². The Bertz CT molecular complexity index is 346. The summed E-state index contributed by atoms with van der Waals surface area (Å²) < 4.78 is 0. The van der Waals surface area contributed by atoms with E-state index in [-0.39, 0.29) is 5.00 Å². The lowest BCUT2D eigenvalue weighted by molar-refractivity contribution is -0.379. The number of nitrogens with zero attached hydrogens (tertiary/aromatic N) is 2. The molecule has 0 bridgehead atoms. The number of thiophene rings is 1. The van der Waals surface area contributed by atoms with E-state index >= 15 is 0 Å². The van der Waals surface area contributed by atoms with Crippen molar-refractivity contribution in [2.75, 3.05) is 19.0 Å². The normalized spacial score (nSPS) is 9.69. The second kappa shape index (κ2) is 3.53. The maximum absolute atomic E-state index is 10.5. The first kappa shape index (κ1) is 9.66. The number of hydrogen-bond acceptors (Lipinski definition) is 5. The van der Waals surface area contributed by atoms with Crippen molar-refractivity contribution in [3.8, 4) is 0 Å². The Balaban J connectivity index is 3.22. The van der Waals surface area contributed by atoms with Gasteiger partial charge in [-0.25, -0.2) is 0 Å². The van der Waals surface area contributed by atoms with Crippen LogP contribution in [0, 0.1) is 10.1 Å². The average Bonchev–Trinajstić information content (AvgIpc) is 2.47. The molecule has 1 aromatic heterocycles. The Kier molecular flexibility index (Phi) is 2.62. The Morgan fingerprint density at radius 2 is 2.23 bits per heavy atom. The lowest BCUT2D eigenvalue weighted by Crippen LogP contribution is -2.08. The highest BCUT2D eigenvalue weighted by Gasteiger charge is 2.19. The molecule has 0 aliphatic carbocycles. The van der Waals surface area contributed by atoms with Crippen molar-refractivity contribution in [2.24, 2.45) is 0 Å². The highest BCUT2D eigenvalue weighted by Crippen LogP contribution is 2.35. The van der Waals surface area contributed by atoms with Gasteiger partial charge >= 0.3 is 5.00 Å². The molecule has 1 rings (SSSR count). The van der Waals surface area contributed by atoms with Gasteiger partial charge in [0.15, 0.2) is 6.29 Å². The van der Waals surface area contributed by atoms with Crippen molar-refractivity contribution in [3.05, 3.63) is 21.1 Å². The first-order valence-electron chi connectivity index (χ1n) is 3.47. The predicted molar refractivity (Wildman–Crippen MR) is 50.7 cm³/mol. The van der Waals surface area contributed by atoms with Gasteiger partial charge in [0.2, 0.25) is 0 Å². The largest absolute Gasteiger partial charge is 0.371 e. The van der Waals surface area contributed by atoms with Crippen LogP contribution in [0.25, 0.3) is 0 Å². The van der Waals surface area contributed by atoms with Crippen molar-refractivity contribution in [2.45, 2.75) is 0 Å². The van der Waals surface area contributed by atoms with E-state index in [9.17, 15) is 14.9 Å². The topological polar surface area (TPSA) is 63.5 Å². The van der Waals surface area contributed by atoms with Crippen LogP contribution in [-0.4, -0.2) is 25.3 Å². The number of hydrogen-bond donors (Lipinski definition) is 0. The van der Waals surface area contributed by atoms with Gasteiger partial charge in [-0.05, 0) is 6.07 Å². The SMILES string of the molecule is CN(C)c1cc(C=O)sc1[N+](=O)[O-]. The van der Waals surface area contributed by atoms with E-state index in [0.717, 1.165) is 11.3 Å². The monoisotopic (exact) mass is 200 g/mol. The van der Waals surface area contributed by atoms with Gasteiger partial charge in [-0.3, -0.25) is 14.9 Å². The van der Waals surface area contributed by atoms with Crippen molar-refractivity contribution < 1.29 is 9.72 Å². The summed E-state index contributed by atoms with van der Waals surface area (Å²) in [6.45, 7) is 0. The smallest absolute Gasteiger partial charge is 0.347 e. The third-order valence-corrected chi connectivity index (χ3v) is 2.48. The van der Waals surface area contributed by atoms with Crippen molar-refractivity contribution in [1.82, 2.24) is 0 Å². The standard InChI is InChI=1S/C7H8N2O3S/c1-8(2)6-3-5(4-10)13-7(6)9(11)12/h3-4H,1-2H3. The molecule has 0 radical (unpaired) electrons. The number of rotatable bonds is 3. The number of nitro groups is 1. The molecule has 0 unspecified atom stereocenters. The van der Waals surface area contributed by atoms with Gasteiger partial charge in [0.1, 0.15) is 5.69 Å². The van der Waals surface area contributed by atoms with Gasteiger partial charge in [0.25, 0.3) is 0 Å². The Morgan fingerprint density at radius 1 is 1.62 bits per heavy atom. The van der Waals surface area contributed by atoms with E-state index in [2.05, 4.69) is 0 Å². The highest BCUT2D eigenvalue weighted by molar-refractivity contribution is 7.17. The first-order chi connectivity index (χ1) is 6.06. The molecule has 0 aromatic carbocycles. The van der Waals surface area contributed by atoms with E-state index in [1.165, 1.54) is 6.07 Å². The van der Waals surface area contributed by atoms with Crippen molar-refractivity contribution in [1.29, 1.82) is 0 Å². The third-order valence-electron chi connectivity index (χ3n) is 1.48. The lowest BCUT2D eigenvalue weighted by atomic mass is 10.4. The van der Waals surface area contributed by atoms with Crippen LogP contribution in [0.1, 0.15) is 9.67 Å². The molecular formula is C7H8N2O3S. The molecule has 1 heterocycles. The fraction of sp³-hybridized carbons (Fsp3) is 0.286. The second-order valence-electron chi connectivity index (χ2n) is 2.61. The maximum atomic E-state index is 10.5. The maximum Gasteiger partial charge on any atom is 0.347 e. The van der Waals surface area contributed by atoms with Crippen LogP contribution in [0.4, 0.5) is 10.7 Å². The Morgan fingerprint density at radius 3 is 2.54 bits per heavy atom. The number of anilines is 1. The molecule has 0 spiro atoms. The second-order valence-corrected chi connectivity index (χ2v) is 3.67. The van der Waals surface area contributed by atoms with Gasteiger partial charge in [0, 0.05) is 14.1 Å². The van der Waals surface area contributed by atoms with Crippen molar-refractivity contribution in [3.63, 3.8) is 0 Å². The first-order valence-corrected chi connectivity index (χ1v) is 4.28. The number of carbonyl (C=O) groups excluding carboxylic acids is 1. The molecule has 70 valence electrons.